The third-order valence-electron chi connectivity index (χ3n) is 5.15. The van der Waals surface area contributed by atoms with Crippen molar-refractivity contribution >= 4 is 15.9 Å². The SMILES string of the molecule is CNC1CC(C)CCC1C(C)(C)Cc1ccc(F)cc1Br. The molecule has 1 N–H and O–H groups in total. The van der Waals surface area contributed by atoms with Gasteiger partial charge in [-0.1, -0.05) is 49.2 Å². The molecule has 3 heteroatoms. The van der Waals surface area contributed by atoms with Gasteiger partial charge in [0.05, 0.1) is 0 Å². The first kappa shape index (κ1) is 17.0. The van der Waals surface area contributed by atoms with Gasteiger partial charge in [0, 0.05) is 10.5 Å². The molecule has 118 valence electrons. The lowest BCUT2D eigenvalue weighted by atomic mass is 9.64. The van der Waals surface area contributed by atoms with E-state index in [9.17, 15) is 4.39 Å². The van der Waals surface area contributed by atoms with Crippen LogP contribution >= 0.6 is 15.9 Å². The van der Waals surface area contributed by atoms with E-state index in [4.69, 9.17) is 0 Å². The average Bonchev–Trinajstić information content (AvgIpc) is 2.41. The maximum absolute atomic E-state index is 13.3. The van der Waals surface area contributed by atoms with Crippen LogP contribution in [0.3, 0.4) is 0 Å². The third-order valence-corrected chi connectivity index (χ3v) is 5.89. The lowest BCUT2D eigenvalue weighted by Gasteiger charge is -2.44. The van der Waals surface area contributed by atoms with Gasteiger partial charge in [0.15, 0.2) is 0 Å². The number of hydrogen-bond donors (Lipinski definition) is 1. The van der Waals surface area contributed by atoms with Crippen LogP contribution in [-0.4, -0.2) is 13.1 Å². The molecule has 1 aliphatic rings. The summed E-state index contributed by atoms with van der Waals surface area (Å²) in [5, 5.41) is 3.53. The number of hydrogen-bond acceptors (Lipinski definition) is 1. The molecule has 1 aliphatic carbocycles. The Morgan fingerprint density at radius 3 is 2.67 bits per heavy atom. The summed E-state index contributed by atoms with van der Waals surface area (Å²) in [6.07, 6.45) is 4.83. The van der Waals surface area contributed by atoms with Crippen molar-refractivity contribution in [3.8, 4) is 0 Å². The summed E-state index contributed by atoms with van der Waals surface area (Å²) in [5.74, 6) is 1.30. The molecule has 1 aromatic rings. The van der Waals surface area contributed by atoms with Gasteiger partial charge in [-0.2, -0.15) is 0 Å². The molecule has 3 unspecified atom stereocenters. The van der Waals surface area contributed by atoms with E-state index in [0.29, 0.717) is 12.0 Å². The summed E-state index contributed by atoms with van der Waals surface area (Å²) in [5.41, 5.74) is 1.41. The molecule has 1 aromatic carbocycles. The molecule has 1 saturated carbocycles. The predicted octanol–water partition coefficient (Wildman–Crippen LogP) is 5.18. The Labute approximate surface area is 136 Å². The molecule has 0 aromatic heterocycles. The third kappa shape index (κ3) is 4.07. The van der Waals surface area contributed by atoms with Gasteiger partial charge >= 0.3 is 0 Å². The Hall–Kier alpha value is -0.410. The normalized spacial score (nSPS) is 26.9. The smallest absolute Gasteiger partial charge is 0.124 e. The van der Waals surface area contributed by atoms with E-state index < -0.39 is 0 Å². The van der Waals surface area contributed by atoms with Crippen molar-refractivity contribution in [1.29, 1.82) is 0 Å². The van der Waals surface area contributed by atoms with Gasteiger partial charge in [0.2, 0.25) is 0 Å². The highest BCUT2D eigenvalue weighted by Crippen LogP contribution is 2.43. The van der Waals surface area contributed by atoms with Gasteiger partial charge in [0.25, 0.3) is 0 Å². The number of benzene rings is 1. The van der Waals surface area contributed by atoms with Gasteiger partial charge in [-0.3, -0.25) is 0 Å². The highest BCUT2D eigenvalue weighted by atomic mass is 79.9. The molecule has 0 saturated heterocycles. The standard InChI is InChI=1S/C18H27BrFN/c1-12-5-8-15(17(9-12)21-4)18(2,3)11-13-6-7-14(20)10-16(13)19/h6-7,10,12,15,17,21H,5,8-9,11H2,1-4H3. The van der Waals surface area contributed by atoms with Gasteiger partial charge in [0.1, 0.15) is 5.82 Å². The second-order valence-electron chi connectivity index (χ2n) is 7.32. The lowest BCUT2D eigenvalue weighted by molar-refractivity contribution is 0.0979. The Bertz CT molecular complexity index is 486. The van der Waals surface area contributed by atoms with Crippen molar-refractivity contribution in [1.82, 2.24) is 5.32 Å². The van der Waals surface area contributed by atoms with Crippen LogP contribution < -0.4 is 5.32 Å². The Kier molecular flexibility index (Phi) is 5.48. The molecule has 0 amide bonds. The molecule has 0 bridgehead atoms. The van der Waals surface area contributed by atoms with E-state index in [1.807, 2.05) is 6.07 Å². The first-order valence-corrected chi connectivity index (χ1v) is 8.74. The highest BCUT2D eigenvalue weighted by Gasteiger charge is 2.38. The summed E-state index contributed by atoms with van der Waals surface area (Å²) >= 11 is 3.51. The number of halogens is 2. The summed E-state index contributed by atoms with van der Waals surface area (Å²) < 4.78 is 14.1. The maximum atomic E-state index is 13.3. The Morgan fingerprint density at radius 2 is 2.05 bits per heavy atom. The topological polar surface area (TPSA) is 12.0 Å². The summed E-state index contributed by atoms with van der Waals surface area (Å²) in [7, 11) is 2.08. The van der Waals surface area contributed by atoms with Crippen molar-refractivity contribution < 1.29 is 4.39 Å². The Balaban J connectivity index is 2.16. The van der Waals surface area contributed by atoms with Crippen LogP contribution in [0.4, 0.5) is 4.39 Å². The van der Waals surface area contributed by atoms with Gasteiger partial charge in [-0.25, -0.2) is 4.39 Å². The molecular formula is C18H27BrFN. The van der Waals surface area contributed by atoms with Gasteiger partial charge < -0.3 is 5.32 Å². The fourth-order valence-electron chi connectivity index (χ4n) is 3.92. The molecule has 0 aliphatic heterocycles. The lowest BCUT2D eigenvalue weighted by Crippen LogP contribution is -2.46. The van der Waals surface area contributed by atoms with Crippen LogP contribution in [0.25, 0.3) is 0 Å². The van der Waals surface area contributed by atoms with Crippen molar-refractivity contribution in [3.63, 3.8) is 0 Å². The van der Waals surface area contributed by atoms with Gasteiger partial charge in [-0.15, -0.1) is 0 Å². The van der Waals surface area contributed by atoms with Crippen LogP contribution in [0.1, 0.15) is 45.6 Å². The molecule has 2 rings (SSSR count). The van der Waals surface area contributed by atoms with Crippen molar-refractivity contribution in [2.75, 3.05) is 7.05 Å². The van der Waals surface area contributed by atoms with E-state index in [-0.39, 0.29) is 11.2 Å². The summed E-state index contributed by atoms with van der Waals surface area (Å²) in [4.78, 5) is 0. The number of rotatable bonds is 4. The molecule has 1 nitrogen and oxygen atoms in total. The van der Waals surface area contributed by atoms with E-state index in [2.05, 4.69) is 49.1 Å². The first-order valence-electron chi connectivity index (χ1n) is 7.94. The van der Waals surface area contributed by atoms with Crippen LogP contribution in [-0.2, 0) is 6.42 Å². The zero-order chi connectivity index (χ0) is 15.6. The molecule has 0 spiro atoms. The highest BCUT2D eigenvalue weighted by molar-refractivity contribution is 9.10. The van der Waals surface area contributed by atoms with Crippen molar-refractivity contribution in [3.05, 3.63) is 34.1 Å². The van der Waals surface area contributed by atoms with Crippen molar-refractivity contribution in [2.24, 2.45) is 17.3 Å². The zero-order valence-corrected chi connectivity index (χ0v) is 15.1. The average molecular weight is 356 g/mol. The van der Waals surface area contributed by atoms with Gasteiger partial charge in [-0.05, 0) is 61.3 Å². The first-order chi connectivity index (χ1) is 9.83. The zero-order valence-electron chi connectivity index (χ0n) is 13.5. The van der Waals surface area contributed by atoms with Crippen LogP contribution in [0, 0.1) is 23.1 Å². The fraction of sp³-hybridized carbons (Fsp3) is 0.667. The molecule has 0 radical (unpaired) electrons. The molecule has 1 fully saturated rings. The van der Waals surface area contributed by atoms with E-state index in [0.717, 1.165) is 16.8 Å². The summed E-state index contributed by atoms with van der Waals surface area (Å²) in [6, 6.07) is 5.64. The second kappa shape index (κ2) is 6.78. The van der Waals surface area contributed by atoms with Crippen LogP contribution in [0.2, 0.25) is 0 Å². The van der Waals surface area contributed by atoms with Crippen molar-refractivity contribution in [2.45, 2.75) is 52.5 Å². The Morgan fingerprint density at radius 1 is 1.33 bits per heavy atom. The minimum atomic E-state index is -0.178. The van der Waals surface area contributed by atoms with E-state index >= 15 is 0 Å². The van der Waals surface area contributed by atoms with Crippen LogP contribution in [0.5, 0.6) is 0 Å². The molecular weight excluding hydrogens is 329 g/mol. The van der Waals surface area contributed by atoms with E-state index in [1.165, 1.54) is 24.8 Å². The maximum Gasteiger partial charge on any atom is 0.124 e. The predicted molar refractivity (Wildman–Crippen MR) is 90.9 cm³/mol. The fourth-order valence-corrected chi connectivity index (χ4v) is 4.41. The minimum Gasteiger partial charge on any atom is -0.317 e. The quantitative estimate of drug-likeness (QED) is 0.784. The summed E-state index contributed by atoms with van der Waals surface area (Å²) in [6.45, 7) is 7.06. The molecule has 0 heterocycles. The minimum absolute atomic E-state index is 0.178. The molecule has 21 heavy (non-hydrogen) atoms. The van der Waals surface area contributed by atoms with E-state index in [1.54, 1.807) is 12.1 Å². The molecule has 3 atom stereocenters. The second-order valence-corrected chi connectivity index (χ2v) is 8.18. The number of nitrogens with one attached hydrogen (secondary N) is 1. The monoisotopic (exact) mass is 355 g/mol. The van der Waals surface area contributed by atoms with Crippen LogP contribution in [0.15, 0.2) is 22.7 Å². The largest absolute Gasteiger partial charge is 0.317 e.